The standard InChI is InChI=1S/C24H28FN7O.C23H26FN7O.C21H21FN6O/c1-16-14-32-23(29-16)19(17-11-28-31(15-17)9-4-8-30(2)3)12-26-24(32)27-13-20-18-7-10-33-22(18)6-5-21(20)25;1-15-13-31-22(28-15)18(16-10-27-30(14-16)8-7-29(2)3)11-25-23(31)26-12-19-17-6-9-32-21(17)5-4-20(19)24;1-11-10-28-20(25-11)16(19-12(2)26-27-13(19)3)9-24-21(28)23-8-15-14-6-7-29-18(14)5-4-17(15)22/h5-6,11-12,14-15H,4,7-10,13H2,1-3H3,(H,26,27);4-5,10-11,13-14H,6-9,12H2,1-3H3,(H,25,26);4-5,9-10H,6-8H2,1-3H3,(H,23,24)(H,26,27). The number of rotatable bonds is 19. The molecular formula is C68H75F3N20O3. The van der Waals surface area contributed by atoms with Gasteiger partial charge in [0.25, 0.3) is 0 Å². The quantitative estimate of drug-likeness (QED) is 0.0591. The minimum absolute atomic E-state index is 0.233. The molecule has 15 rings (SSSR count). The van der Waals surface area contributed by atoms with Gasteiger partial charge in [0.1, 0.15) is 51.6 Å². The highest BCUT2D eigenvalue weighted by Gasteiger charge is 2.25. The van der Waals surface area contributed by atoms with Crippen molar-refractivity contribution in [1.29, 1.82) is 0 Å². The van der Waals surface area contributed by atoms with E-state index in [-0.39, 0.29) is 17.5 Å². The predicted molar refractivity (Wildman–Crippen MR) is 353 cm³/mol. The zero-order chi connectivity index (χ0) is 65.3. The maximum atomic E-state index is 14.5. The number of H-pyrrole nitrogens is 1. The number of aromatic amines is 1. The molecule has 0 amide bonds. The Balaban J connectivity index is 0.000000128. The lowest BCUT2D eigenvalue weighted by atomic mass is 10.0. The van der Waals surface area contributed by atoms with Crippen molar-refractivity contribution >= 4 is 34.8 Å². The van der Waals surface area contributed by atoms with Crippen LogP contribution in [0.3, 0.4) is 0 Å². The van der Waals surface area contributed by atoms with E-state index in [0.29, 0.717) is 86.8 Å². The third-order valence-corrected chi connectivity index (χ3v) is 17.0. The smallest absolute Gasteiger partial charge is 0.208 e. The van der Waals surface area contributed by atoms with Gasteiger partial charge in [-0.1, -0.05) is 0 Å². The van der Waals surface area contributed by atoms with E-state index in [1.165, 1.54) is 18.2 Å². The van der Waals surface area contributed by atoms with Gasteiger partial charge in [0.05, 0.1) is 61.5 Å². The van der Waals surface area contributed by atoms with Gasteiger partial charge in [-0.25, -0.2) is 43.1 Å². The zero-order valence-corrected chi connectivity index (χ0v) is 54.2. The first-order valence-electron chi connectivity index (χ1n) is 31.4. The van der Waals surface area contributed by atoms with Crippen molar-refractivity contribution in [3.63, 3.8) is 0 Å². The van der Waals surface area contributed by atoms with Crippen LogP contribution >= 0.6 is 0 Å². The van der Waals surface area contributed by atoms with Gasteiger partial charge in [0.2, 0.25) is 17.8 Å². The van der Waals surface area contributed by atoms with Crippen LogP contribution in [0.5, 0.6) is 17.2 Å². The maximum absolute atomic E-state index is 14.5. The molecule has 12 heterocycles. The number of imidazole rings is 3. The average molecular weight is 1280 g/mol. The van der Waals surface area contributed by atoms with Gasteiger partial charge < -0.3 is 40.0 Å². The number of benzene rings is 3. The highest BCUT2D eigenvalue weighted by Crippen LogP contribution is 2.36. The molecule has 12 aromatic rings. The Morgan fingerprint density at radius 3 is 1.28 bits per heavy atom. The van der Waals surface area contributed by atoms with Crippen LogP contribution in [0.25, 0.3) is 50.3 Å². The number of likely N-dealkylation sites (N-methyl/N-ethyl adjacent to an activating group) is 1. The number of halogens is 3. The van der Waals surface area contributed by atoms with Crippen LogP contribution in [-0.2, 0) is 52.0 Å². The molecule has 0 aliphatic carbocycles. The number of ether oxygens (including phenoxy) is 3. The van der Waals surface area contributed by atoms with Crippen LogP contribution in [0, 0.1) is 52.1 Å². The molecule has 0 saturated heterocycles. The molecule has 0 spiro atoms. The van der Waals surface area contributed by atoms with E-state index in [1.807, 2.05) is 115 Å². The van der Waals surface area contributed by atoms with Gasteiger partial charge in [0.15, 0.2) is 0 Å². The number of nitrogens with one attached hydrogen (secondary N) is 4. The molecule has 26 heteroatoms. The van der Waals surface area contributed by atoms with Gasteiger partial charge in [-0.3, -0.25) is 27.7 Å². The number of aromatic nitrogens is 15. The number of aryl methyl sites for hydroxylation is 6. The van der Waals surface area contributed by atoms with E-state index >= 15 is 0 Å². The van der Waals surface area contributed by atoms with Gasteiger partial charge >= 0.3 is 0 Å². The molecule has 4 N–H and O–H groups in total. The molecule has 3 aromatic carbocycles. The highest BCUT2D eigenvalue weighted by atomic mass is 19.1. The summed E-state index contributed by atoms with van der Waals surface area (Å²) in [7, 11) is 8.22. The summed E-state index contributed by atoms with van der Waals surface area (Å²) < 4.78 is 69.9. The number of nitrogens with zero attached hydrogens (tertiary/aromatic N) is 16. The molecule has 0 bridgehead atoms. The van der Waals surface area contributed by atoms with E-state index in [1.54, 1.807) is 36.8 Å². The lowest BCUT2D eigenvalue weighted by molar-refractivity contribution is 0.356. The number of hydrogen-bond acceptors (Lipinski definition) is 17. The summed E-state index contributed by atoms with van der Waals surface area (Å²) in [6.07, 6.45) is 22.1. The molecule has 0 radical (unpaired) electrons. The van der Waals surface area contributed by atoms with Gasteiger partial charge in [0, 0.05) is 174 Å². The Kier molecular flexibility index (Phi) is 17.7. The van der Waals surface area contributed by atoms with Gasteiger partial charge in [-0.05, 0) is 112 Å². The summed E-state index contributed by atoms with van der Waals surface area (Å²) >= 11 is 0. The molecule has 0 unspecified atom stereocenters. The van der Waals surface area contributed by atoms with Crippen molar-refractivity contribution in [1.82, 2.24) is 82.7 Å². The number of anilines is 3. The summed E-state index contributed by atoms with van der Waals surface area (Å²) in [6.45, 7) is 16.1. The first-order chi connectivity index (χ1) is 45.5. The van der Waals surface area contributed by atoms with Crippen LogP contribution in [0.2, 0.25) is 0 Å². The van der Waals surface area contributed by atoms with Gasteiger partial charge in [-0.15, -0.1) is 0 Å². The molecule has 94 heavy (non-hydrogen) atoms. The van der Waals surface area contributed by atoms with E-state index in [9.17, 15) is 13.2 Å². The third-order valence-electron chi connectivity index (χ3n) is 17.0. The molecular weight excluding hydrogens is 1200 g/mol. The molecule has 486 valence electrons. The normalized spacial score (nSPS) is 13.0. The van der Waals surface area contributed by atoms with Crippen LogP contribution in [0.15, 0.2) is 98.4 Å². The van der Waals surface area contributed by atoms with Gasteiger partial charge in [-0.2, -0.15) is 15.3 Å². The van der Waals surface area contributed by atoms with Crippen LogP contribution in [0.4, 0.5) is 31.0 Å². The second kappa shape index (κ2) is 26.7. The molecule has 3 aliphatic rings. The van der Waals surface area contributed by atoms with Crippen molar-refractivity contribution in [3.8, 4) is 50.6 Å². The van der Waals surface area contributed by atoms with Crippen molar-refractivity contribution in [2.24, 2.45) is 0 Å². The fraction of sp³-hybridized carbons (Fsp3) is 0.338. The third kappa shape index (κ3) is 12.9. The molecule has 0 atom stereocenters. The highest BCUT2D eigenvalue weighted by molar-refractivity contribution is 5.81. The second-order valence-electron chi connectivity index (χ2n) is 24.3. The van der Waals surface area contributed by atoms with Crippen LogP contribution in [0.1, 0.15) is 68.3 Å². The van der Waals surface area contributed by atoms with E-state index in [4.69, 9.17) is 24.2 Å². The lowest BCUT2D eigenvalue weighted by Gasteiger charge is -2.13. The average Bonchev–Trinajstić information content (AvgIpc) is 1.60. The maximum Gasteiger partial charge on any atom is 0.208 e. The Hall–Kier alpha value is -10.3. The summed E-state index contributed by atoms with van der Waals surface area (Å²) in [6, 6.07) is 9.48. The fourth-order valence-corrected chi connectivity index (χ4v) is 12.3. The topological polar surface area (TPSA) is 225 Å². The van der Waals surface area contributed by atoms with Crippen molar-refractivity contribution in [3.05, 3.63) is 178 Å². The van der Waals surface area contributed by atoms with E-state index in [0.717, 1.165) is 152 Å². The Bertz CT molecular complexity index is 4730. The number of hydrogen-bond donors (Lipinski definition) is 4. The van der Waals surface area contributed by atoms with Crippen molar-refractivity contribution in [2.45, 2.75) is 93.0 Å². The van der Waals surface area contributed by atoms with Crippen LogP contribution in [-0.4, -0.2) is 144 Å². The molecule has 0 fully saturated rings. The monoisotopic (exact) mass is 1280 g/mol. The molecule has 0 saturated carbocycles. The summed E-state index contributed by atoms with van der Waals surface area (Å²) in [5.74, 6) is 3.43. The zero-order valence-electron chi connectivity index (χ0n) is 54.2. The summed E-state index contributed by atoms with van der Waals surface area (Å²) in [4.78, 5) is 32.3. The Morgan fingerprint density at radius 1 is 0.489 bits per heavy atom. The predicted octanol–water partition coefficient (Wildman–Crippen LogP) is 10.4. The lowest BCUT2D eigenvalue weighted by Crippen LogP contribution is -2.18. The van der Waals surface area contributed by atoms with E-state index in [2.05, 4.69) is 80.2 Å². The first kappa shape index (κ1) is 62.5. The van der Waals surface area contributed by atoms with Crippen molar-refractivity contribution in [2.75, 3.05) is 77.1 Å². The van der Waals surface area contributed by atoms with E-state index < -0.39 is 0 Å². The fourth-order valence-electron chi connectivity index (χ4n) is 12.3. The molecule has 23 nitrogen and oxygen atoms in total. The Morgan fingerprint density at radius 2 is 0.883 bits per heavy atom. The summed E-state index contributed by atoms with van der Waals surface area (Å²) in [5, 5.41) is 26.2. The second-order valence-corrected chi connectivity index (χ2v) is 24.3. The summed E-state index contributed by atoms with van der Waals surface area (Å²) in [5.41, 5.74) is 17.2. The molecule has 3 aliphatic heterocycles. The minimum Gasteiger partial charge on any atom is -0.493 e. The first-order valence-corrected chi connectivity index (χ1v) is 31.4. The number of fused-ring (bicyclic) bond motifs is 6. The van der Waals surface area contributed by atoms with Crippen LogP contribution < -0.4 is 30.2 Å². The Labute approximate surface area is 541 Å². The molecule has 9 aromatic heterocycles. The largest absolute Gasteiger partial charge is 0.493 e. The van der Waals surface area contributed by atoms with Crippen molar-refractivity contribution < 1.29 is 27.4 Å². The minimum atomic E-state index is -0.235. The SMILES string of the molecule is Cc1cn2c(NCc3c(F)ccc4c3CCO4)ncc(-c3c(C)n[nH]c3C)c2n1.Cc1cn2c(NCc3c(F)ccc4c3CCO4)ncc(-c3cnn(CCCN(C)C)c3)c2n1.Cc1cn2c(NCc3c(F)ccc4c3CCO4)ncc(-c3cnn(CCN(C)C)c3)c2n1.